The van der Waals surface area contributed by atoms with Gasteiger partial charge in [-0.25, -0.2) is 8.42 Å². The zero-order valence-corrected chi connectivity index (χ0v) is 20.1. The molecule has 0 spiro atoms. The lowest BCUT2D eigenvalue weighted by molar-refractivity contribution is -0.137. The van der Waals surface area contributed by atoms with Gasteiger partial charge in [0.2, 0.25) is 15.9 Å². The highest BCUT2D eigenvalue weighted by atomic mass is 35.5. The number of nitrogens with zero attached hydrogens (tertiary/aromatic N) is 1. The molecular weight excluding hydrogens is 512 g/mol. The van der Waals surface area contributed by atoms with E-state index in [2.05, 4.69) is 5.32 Å². The summed E-state index contributed by atoms with van der Waals surface area (Å²) >= 11 is 11.8. The number of nitrogens with one attached hydrogen (secondary N) is 1. The van der Waals surface area contributed by atoms with Gasteiger partial charge in [-0.1, -0.05) is 53.0 Å². The van der Waals surface area contributed by atoms with Crippen LogP contribution in [0.5, 0.6) is 0 Å². The first-order valence-corrected chi connectivity index (χ1v) is 12.0. The molecule has 0 aliphatic carbocycles. The average molecular weight is 531 g/mol. The number of carbonyl (C=O) groups is 1. The quantitative estimate of drug-likeness (QED) is 0.398. The van der Waals surface area contributed by atoms with E-state index < -0.39 is 34.2 Å². The number of hydrogen-bond acceptors (Lipinski definition) is 3. The van der Waals surface area contributed by atoms with Gasteiger partial charge in [0.1, 0.15) is 0 Å². The minimum atomic E-state index is -4.64. The van der Waals surface area contributed by atoms with E-state index in [1.807, 2.05) is 13.0 Å². The van der Waals surface area contributed by atoms with Crippen molar-refractivity contribution in [3.05, 3.63) is 93.5 Å². The fourth-order valence-corrected chi connectivity index (χ4v) is 4.82. The second-order valence-electron chi connectivity index (χ2n) is 7.46. The lowest BCUT2D eigenvalue weighted by atomic mass is 10.1. The van der Waals surface area contributed by atoms with Crippen molar-refractivity contribution in [1.82, 2.24) is 4.31 Å². The maximum atomic E-state index is 13.3. The van der Waals surface area contributed by atoms with Crippen LogP contribution in [-0.2, 0) is 27.5 Å². The Morgan fingerprint density at radius 1 is 1.00 bits per heavy atom. The molecule has 1 N–H and O–H groups in total. The Morgan fingerprint density at radius 3 is 2.29 bits per heavy atom. The van der Waals surface area contributed by atoms with E-state index in [0.29, 0.717) is 16.7 Å². The number of halogens is 5. The Hall–Kier alpha value is -2.59. The first kappa shape index (κ1) is 26.0. The molecule has 0 saturated carbocycles. The predicted octanol–water partition coefficient (Wildman–Crippen LogP) is 6.15. The van der Waals surface area contributed by atoms with Gasteiger partial charge in [0.15, 0.2) is 0 Å². The molecule has 0 radical (unpaired) electrons. The molecule has 34 heavy (non-hydrogen) atoms. The van der Waals surface area contributed by atoms with Crippen LogP contribution in [-0.4, -0.2) is 25.2 Å². The largest absolute Gasteiger partial charge is 0.416 e. The van der Waals surface area contributed by atoms with Crippen molar-refractivity contribution in [2.45, 2.75) is 24.5 Å². The smallest absolute Gasteiger partial charge is 0.324 e. The van der Waals surface area contributed by atoms with Crippen LogP contribution in [0.4, 0.5) is 18.9 Å². The lowest BCUT2D eigenvalue weighted by Crippen LogP contribution is -2.37. The maximum Gasteiger partial charge on any atom is 0.416 e. The number of aryl methyl sites for hydroxylation is 1. The predicted molar refractivity (Wildman–Crippen MR) is 125 cm³/mol. The molecule has 3 aromatic rings. The van der Waals surface area contributed by atoms with Crippen molar-refractivity contribution in [2.24, 2.45) is 0 Å². The highest BCUT2D eigenvalue weighted by Crippen LogP contribution is 2.34. The van der Waals surface area contributed by atoms with Crippen molar-refractivity contribution in [3.8, 4) is 0 Å². The van der Waals surface area contributed by atoms with E-state index in [4.69, 9.17) is 23.2 Å². The van der Waals surface area contributed by atoms with Gasteiger partial charge >= 0.3 is 6.18 Å². The fraction of sp³-hybridized carbons (Fsp3) is 0.174. The van der Waals surface area contributed by atoms with Crippen LogP contribution in [0.25, 0.3) is 0 Å². The van der Waals surface area contributed by atoms with E-state index in [0.717, 1.165) is 22.0 Å². The van der Waals surface area contributed by atoms with Crippen LogP contribution < -0.4 is 5.32 Å². The van der Waals surface area contributed by atoms with Gasteiger partial charge in [-0.05, 0) is 55.0 Å². The fourth-order valence-electron chi connectivity index (χ4n) is 3.14. The normalized spacial score (nSPS) is 12.1. The number of sulfonamides is 1. The monoisotopic (exact) mass is 530 g/mol. The molecule has 0 aromatic heterocycles. The Balaban J connectivity index is 1.91. The van der Waals surface area contributed by atoms with E-state index in [1.165, 1.54) is 24.3 Å². The standard InChI is InChI=1S/C23H19Cl2F3N2O3S/c1-15-3-2-4-16(11-15)13-30(34(32,33)19-8-6-18(24)7-9-19)14-22(31)29-21-12-17(23(26,27)28)5-10-20(21)25/h2-12H,13-14H2,1H3,(H,29,31). The van der Waals surface area contributed by atoms with Crippen LogP contribution in [0.15, 0.2) is 71.6 Å². The lowest BCUT2D eigenvalue weighted by Gasteiger charge is -2.22. The summed E-state index contributed by atoms with van der Waals surface area (Å²) in [5, 5.41) is 2.50. The summed E-state index contributed by atoms with van der Waals surface area (Å²) in [4.78, 5) is 12.7. The molecule has 0 aliphatic rings. The maximum absolute atomic E-state index is 13.3. The van der Waals surface area contributed by atoms with E-state index in [-0.39, 0.29) is 22.2 Å². The van der Waals surface area contributed by atoms with Crippen LogP contribution in [0.3, 0.4) is 0 Å². The Kier molecular flexibility index (Phi) is 7.92. The van der Waals surface area contributed by atoms with Gasteiger partial charge in [0.25, 0.3) is 0 Å². The van der Waals surface area contributed by atoms with Gasteiger partial charge in [-0.3, -0.25) is 4.79 Å². The summed E-state index contributed by atoms with van der Waals surface area (Å²) in [6.45, 7) is 1.03. The molecular formula is C23H19Cl2F3N2O3S. The van der Waals surface area contributed by atoms with Crippen molar-refractivity contribution >= 4 is 44.8 Å². The number of anilines is 1. The molecule has 0 aliphatic heterocycles. The molecule has 180 valence electrons. The highest BCUT2D eigenvalue weighted by Gasteiger charge is 2.32. The topological polar surface area (TPSA) is 66.5 Å². The SMILES string of the molecule is Cc1cccc(CN(CC(=O)Nc2cc(C(F)(F)F)ccc2Cl)S(=O)(=O)c2ccc(Cl)cc2)c1. The summed E-state index contributed by atoms with van der Waals surface area (Å²) in [7, 11) is -4.16. The number of rotatable bonds is 7. The Labute approximate surface area is 205 Å². The minimum absolute atomic E-state index is 0.0885. The summed E-state index contributed by atoms with van der Waals surface area (Å²) in [5.41, 5.74) is 0.238. The number of benzene rings is 3. The molecule has 0 saturated heterocycles. The number of hydrogen-bond donors (Lipinski definition) is 1. The van der Waals surface area contributed by atoms with Crippen LogP contribution in [0.2, 0.25) is 10.0 Å². The van der Waals surface area contributed by atoms with Crippen LogP contribution in [0.1, 0.15) is 16.7 Å². The van der Waals surface area contributed by atoms with Gasteiger partial charge in [-0.15, -0.1) is 0 Å². The first-order chi connectivity index (χ1) is 15.9. The van der Waals surface area contributed by atoms with Gasteiger partial charge in [-0.2, -0.15) is 17.5 Å². The van der Waals surface area contributed by atoms with Crippen molar-refractivity contribution in [3.63, 3.8) is 0 Å². The van der Waals surface area contributed by atoms with Gasteiger partial charge < -0.3 is 5.32 Å². The van der Waals surface area contributed by atoms with E-state index in [1.54, 1.807) is 18.2 Å². The first-order valence-electron chi connectivity index (χ1n) is 9.84. The minimum Gasteiger partial charge on any atom is -0.324 e. The average Bonchev–Trinajstić information content (AvgIpc) is 2.74. The molecule has 0 bridgehead atoms. The van der Waals surface area contributed by atoms with Crippen LogP contribution >= 0.6 is 23.2 Å². The third kappa shape index (κ3) is 6.50. The molecule has 3 rings (SSSR count). The summed E-state index contributed by atoms with van der Waals surface area (Å²) < 4.78 is 66.7. The summed E-state index contributed by atoms with van der Waals surface area (Å²) in [5.74, 6) is -0.855. The third-order valence-corrected chi connectivity index (χ3v) is 7.17. The molecule has 1 amide bonds. The second-order valence-corrected chi connectivity index (χ2v) is 10.2. The number of carbonyl (C=O) groups excluding carboxylic acids is 1. The molecule has 0 fully saturated rings. The van der Waals surface area contributed by atoms with Crippen molar-refractivity contribution in [1.29, 1.82) is 0 Å². The second kappa shape index (κ2) is 10.4. The molecule has 0 heterocycles. The molecule has 3 aromatic carbocycles. The zero-order chi connectivity index (χ0) is 25.1. The number of alkyl halides is 3. The van der Waals surface area contributed by atoms with Gasteiger partial charge in [0.05, 0.1) is 27.7 Å². The van der Waals surface area contributed by atoms with Crippen LogP contribution in [0, 0.1) is 6.92 Å². The Morgan fingerprint density at radius 2 is 1.68 bits per heavy atom. The molecule has 11 heteroatoms. The molecule has 5 nitrogen and oxygen atoms in total. The number of amides is 1. The summed E-state index contributed by atoms with van der Waals surface area (Å²) in [6, 6.07) is 15.0. The Bertz CT molecular complexity index is 1300. The van der Waals surface area contributed by atoms with Crippen molar-refractivity contribution < 1.29 is 26.4 Å². The van der Waals surface area contributed by atoms with E-state index in [9.17, 15) is 26.4 Å². The van der Waals surface area contributed by atoms with Gasteiger partial charge in [0, 0.05) is 11.6 Å². The molecule has 0 atom stereocenters. The zero-order valence-electron chi connectivity index (χ0n) is 17.7. The van der Waals surface area contributed by atoms with Crippen molar-refractivity contribution in [2.75, 3.05) is 11.9 Å². The third-order valence-electron chi connectivity index (χ3n) is 4.78. The molecule has 0 unspecified atom stereocenters. The highest BCUT2D eigenvalue weighted by molar-refractivity contribution is 7.89. The van der Waals surface area contributed by atoms with E-state index >= 15 is 0 Å². The summed E-state index contributed by atoms with van der Waals surface area (Å²) in [6.07, 6.45) is -4.64.